The van der Waals surface area contributed by atoms with Gasteiger partial charge in [0.2, 0.25) is 0 Å². The monoisotopic (exact) mass is 797 g/mol. The van der Waals surface area contributed by atoms with Crippen molar-refractivity contribution in [3.8, 4) is 61.6 Å². The minimum atomic E-state index is 0.868. The molecule has 12 rings (SSSR count). The van der Waals surface area contributed by atoms with Crippen LogP contribution in [0.15, 0.2) is 212 Å². The van der Waals surface area contributed by atoms with Crippen molar-refractivity contribution < 1.29 is 0 Å². The Kier molecular flexibility index (Phi) is 9.66. The lowest BCUT2D eigenvalue weighted by atomic mass is 9.89. The highest BCUT2D eigenvalue weighted by molar-refractivity contribution is 6.27. The smallest absolute Gasteiger partial charge is 0.0626 e. The SMILES string of the molecule is C=CC(=C)/C=C\C(C)=C\C.Cc1ccccc1N.c1ccc(-n2c3c(c4ccccc42)-c2ccc(-c4ccc5c6c(cccc46)-c4[nH]c6ccccc6c4-5)c4cccc-3c24)cc1. The normalized spacial score (nSPS) is 12.0. The van der Waals surface area contributed by atoms with E-state index in [1.807, 2.05) is 63.3 Å². The van der Waals surface area contributed by atoms with Crippen LogP contribution in [0.25, 0.3) is 105 Å². The second-order valence-corrected chi connectivity index (χ2v) is 16.1. The molecule has 0 atom stereocenters. The number of aromatic amines is 1. The van der Waals surface area contributed by atoms with Crippen molar-refractivity contribution in [1.29, 1.82) is 0 Å². The van der Waals surface area contributed by atoms with Gasteiger partial charge in [-0.2, -0.15) is 0 Å². The summed E-state index contributed by atoms with van der Waals surface area (Å²) in [7, 11) is 0. The summed E-state index contributed by atoms with van der Waals surface area (Å²) in [6.07, 6.45) is 7.75. The molecule has 10 aromatic rings. The van der Waals surface area contributed by atoms with Crippen molar-refractivity contribution in [2.24, 2.45) is 0 Å². The molecule has 3 N–H and O–H groups in total. The number of aryl methyl sites for hydroxylation is 1. The van der Waals surface area contributed by atoms with E-state index in [9.17, 15) is 0 Å². The Bertz CT molecular complexity index is 3450. The van der Waals surface area contributed by atoms with E-state index in [-0.39, 0.29) is 0 Å². The van der Waals surface area contributed by atoms with Gasteiger partial charge in [0.25, 0.3) is 0 Å². The van der Waals surface area contributed by atoms with Gasteiger partial charge < -0.3 is 15.3 Å². The fraction of sp³-hybridized carbons (Fsp3) is 0.0508. The van der Waals surface area contributed by atoms with Crippen molar-refractivity contribution in [3.63, 3.8) is 0 Å². The molecule has 2 aliphatic rings. The number of hydrogen-bond donors (Lipinski definition) is 2. The number of nitrogens with zero attached hydrogens (tertiary/aromatic N) is 1. The number of nitrogens with two attached hydrogens (primary N) is 1. The molecule has 2 aliphatic carbocycles. The lowest BCUT2D eigenvalue weighted by molar-refractivity contribution is 1.14. The summed E-state index contributed by atoms with van der Waals surface area (Å²) in [5.41, 5.74) is 26.4. The predicted molar refractivity (Wildman–Crippen MR) is 268 cm³/mol. The number of allylic oxidation sites excluding steroid dienone is 6. The van der Waals surface area contributed by atoms with Crippen LogP contribution >= 0.6 is 0 Å². The van der Waals surface area contributed by atoms with Crippen molar-refractivity contribution in [2.75, 3.05) is 5.73 Å². The van der Waals surface area contributed by atoms with Gasteiger partial charge in [-0.1, -0.05) is 176 Å². The van der Waals surface area contributed by atoms with Gasteiger partial charge in [-0.25, -0.2) is 0 Å². The molecule has 0 unspecified atom stereocenters. The molecule has 0 spiro atoms. The Balaban J connectivity index is 0.000000214. The van der Waals surface area contributed by atoms with Crippen LogP contribution in [-0.2, 0) is 0 Å². The zero-order valence-electron chi connectivity index (χ0n) is 35.3. The van der Waals surface area contributed by atoms with Gasteiger partial charge in [0, 0.05) is 49.9 Å². The first kappa shape index (κ1) is 38.3. The van der Waals surface area contributed by atoms with Crippen LogP contribution in [0.2, 0.25) is 0 Å². The number of rotatable bonds is 5. The highest BCUT2D eigenvalue weighted by atomic mass is 15.0. The summed E-state index contributed by atoms with van der Waals surface area (Å²) in [5, 5.41) is 7.92. The Morgan fingerprint density at radius 2 is 1.15 bits per heavy atom. The van der Waals surface area contributed by atoms with Crippen LogP contribution < -0.4 is 5.73 Å². The third-order valence-electron chi connectivity index (χ3n) is 12.5. The molecule has 0 radical (unpaired) electrons. The van der Waals surface area contributed by atoms with Gasteiger partial charge in [-0.05, 0) is 106 Å². The van der Waals surface area contributed by atoms with Crippen molar-refractivity contribution >= 4 is 49.0 Å². The second-order valence-electron chi connectivity index (χ2n) is 16.1. The third kappa shape index (κ3) is 6.21. The molecule has 2 aromatic heterocycles. The lowest BCUT2D eigenvalue weighted by Gasteiger charge is -2.15. The highest BCUT2D eigenvalue weighted by Crippen LogP contribution is 2.56. The largest absolute Gasteiger partial charge is 0.399 e. The average molecular weight is 798 g/mol. The van der Waals surface area contributed by atoms with Crippen molar-refractivity contribution in [2.45, 2.75) is 20.8 Å². The van der Waals surface area contributed by atoms with Gasteiger partial charge in [0.15, 0.2) is 0 Å². The zero-order valence-corrected chi connectivity index (χ0v) is 35.3. The molecule has 3 heteroatoms. The summed E-state index contributed by atoms with van der Waals surface area (Å²) in [5.74, 6) is 0. The topological polar surface area (TPSA) is 46.7 Å². The maximum absolute atomic E-state index is 5.52. The number of fused-ring (bicyclic) bond motifs is 10. The second kappa shape index (κ2) is 15.6. The van der Waals surface area contributed by atoms with Crippen LogP contribution in [-0.4, -0.2) is 9.55 Å². The Morgan fingerprint density at radius 3 is 1.82 bits per heavy atom. The van der Waals surface area contributed by atoms with E-state index in [0.29, 0.717) is 0 Å². The van der Waals surface area contributed by atoms with Gasteiger partial charge in [0.1, 0.15) is 0 Å². The van der Waals surface area contributed by atoms with Crippen molar-refractivity contribution in [1.82, 2.24) is 9.55 Å². The minimum absolute atomic E-state index is 0.868. The molecule has 8 aromatic carbocycles. The number of nitrogen functional groups attached to an aromatic ring is 1. The Morgan fingerprint density at radius 1 is 0.565 bits per heavy atom. The summed E-state index contributed by atoms with van der Waals surface area (Å²) in [4.78, 5) is 3.73. The molecule has 298 valence electrons. The molecular formula is C59H47N3. The molecule has 0 aliphatic heterocycles. The quantitative estimate of drug-likeness (QED) is 0.132. The average Bonchev–Trinajstić information content (AvgIpc) is 4.05. The molecule has 3 nitrogen and oxygen atoms in total. The number of nitrogens with one attached hydrogen (secondary N) is 1. The van der Waals surface area contributed by atoms with Crippen LogP contribution in [0.4, 0.5) is 5.69 Å². The van der Waals surface area contributed by atoms with Gasteiger partial charge in [-0.3, -0.25) is 0 Å². The van der Waals surface area contributed by atoms with E-state index < -0.39 is 0 Å². The minimum Gasteiger partial charge on any atom is -0.399 e. The number of para-hydroxylation sites is 4. The molecule has 0 fully saturated rings. The van der Waals surface area contributed by atoms with Crippen LogP contribution in [0.5, 0.6) is 0 Å². The van der Waals surface area contributed by atoms with Crippen LogP contribution in [0.1, 0.15) is 19.4 Å². The summed E-state index contributed by atoms with van der Waals surface area (Å²) >= 11 is 0. The number of anilines is 1. The maximum Gasteiger partial charge on any atom is 0.0626 e. The fourth-order valence-corrected chi connectivity index (χ4v) is 9.33. The van der Waals surface area contributed by atoms with E-state index >= 15 is 0 Å². The first-order valence-electron chi connectivity index (χ1n) is 21.2. The molecule has 0 bridgehead atoms. The van der Waals surface area contributed by atoms with Gasteiger partial charge in [-0.15, -0.1) is 0 Å². The van der Waals surface area contributed by atoms with Crippen LogP contribution in [0.3, 0.4) is 0 Å². The van der Waals surface area contributed by atoms with E-state index in [4.69, 9.17) is 5.73 Å². The fourth-order valence-electron chi connectivity index (χ4n) is 9.33. The summed E-state index contributed by atoms with van der Waals surface area (Å²) in [6.45, 7) is 13.4. The molecular weight excluding hydrogens is 751 g/mol. The van der Waals surface area contributed by atoms with E-state index in [1.165, 1.54) is 111 Å². The number of benzene rings is 8. The molecule has 2 heterocycles. The van der Waals surface area contributed by atoms with Crippen molar-refractivity contribution in [3.05, 3.63) is 218 Å². The van der Waals surface area contributed by atoms with E-state index in [0.717, 1.165) is 16.8 Å². The first-order chi connectivity index (χ1) is 30.4. The number of aromatic nitrogens is 2. The Hall–Kier alpha value is -7.88. The lowest BCUT2D eigenvalue weighted by Crippen LogP contribution is -1.95. The predicted octanol–water partition coefficient (Wildman–Crippen LogP) is 16.2. The molecule has 0 saturated carbocycles. The summed E-state index contributed by atoms with van der Waals surface area (Å²) in [6, 6.07) is 59.2. The molecule has 0 amide bonds. The first-order valence-corrected chi connectivity index (χ1v) is 21.2. The Labute approximate surface area is 363 Å². The molecule has 0 saturated heterocycles. The van der Waals surface area contributed by atoms with E-state index in [2.05, 4.69) is 162 Å². The van der Waals surface area contributed by atoms with Gasteiger partial charge >= 0.3 is 0 Å². The highest BCUT2D eigenvalue weighted by Gasteiger charge is 2.31. The number of H-pyrrole nitrogens is 1. The summed E-state index contributed by atoms with van der Waals surface area (Å²) < 4.78 is 2.45. The maximum atomic E-state index is 5.52. The zero-order chi connectivity index (χ0) is 42.5. The third-order valence-corrected chi connectivity index (χ3v) is 12.5. The van der Waals surface area contributed by atoms with E-state index in [1.54, 1.807) is 6.08 Å². The van der Waals surface area contributed by atoms with Crippen LogP contribution in [0, 0.1) is 6.92 Å². The number of hydrogen-bond acceptors (Lipinski definition) is 1. The van der Waals surface area contributed by atoms with Gasteiger partial charge in [0.05, 0.1) is 16.9 Å². The standard InChI is InChI=1S/C42H24N2.C10H14.C7H9N/c1-2-10-24(11-3-1)44-36-19-7-5-13-30(36)40-32-23-21-26(28-15-9-17-34(38(28)32)42(40)44)25-20-22-31-37-27(25)14-8-16-33(37)41-39(31)29-12-4-6-18-35(29)43-41;1-5-9(3)7-8-10(4)6-2;1-6-4-2-3-5-7(6)8/h1-23,43H;5-8H,1,3H2,2,4H3;2-5H,8H2,1H3/b;8-7-,10-6+;. The molecule has 62 heavy (non-hydrogen) atoms.